The first-order chi connectivity index (χ1) is 9.20. The summed E-state index contributed by atoms with van der Waals surface area (Å²) in [5, 5.41) is 9.70. The van der Waals surface area contributed by atoms with Crippen LogP contribution in [0.2, 0.25) is 0 Å². The molecule has 1 saturated heterocycles. The van der Waals surface area contributed by atoms with Gasteiger partial charge in [0.15, 0.2) is 11.6 Å². The molecule has 4 heteroatoms. The van der Waals surface area contributed by atoms with E-state index in [1.54, 1.807) is 12.1 Å². The summed E-state index contributed by atoms with van der Waals surface area (Å²) in [6.45, 7) is 5.31. The van der Waals surface area contributed by atoms with E-state index in [0.717, 1.165) is 39.0 Å². The van der Waals surface area contributed by atoms with Crippen molar-refractivity contribution in [2.24, 2.45) is 0 Å². The zero-order valence-corrected chi connectivity index (χ0v) is 11.4. The molecule has 1 aliphatic heterocycles. The highest BCUT2D eigenvalue weighted by Crippen LogP contribution is 2.24. The Bertz CT molecular complexity index is 411. The standard InChI is InChI=1S/C15H22FNO2/c1-2-9-19-13-6-4-8-17(11-13)10-12-5-3-7-14(16)15(12)18/h3,5,7,13,18H,2,4,6,8-11H2,1H3. The maximum atomic E-state index is 13.3. The second-order valence-corrected chi connectivity index (χ2v) is 5.12. The van der Waals surface area contributed by atoms with Gasteiger partial charge in [0.1, 0.15) is 0 Å². The normalized spacial score (nSPS) is 20.6. The fourth-order valence-electron chi connectivity index (χ4n) is 2.51. The zero-order chi connectivity index (χ0) is 13.7. The molecule has 0 amide bonds. The Balaban J connectivity index is 1.93. The van der Waals surface area contributed by atoms with Crippen molar-refractivity contribution < 1.29 is 14.2 Å². The van der Waals surface area contributed by atoms with Gasteiger partial charge in [0.05, 0.1) is 6.10 Å². The highest BCUT2D eigenvalue weighted by molar-refractivity contribution is 5.33. The maximum absolute atomic E-state index is 13.3. The molecule has 1 unspecified atom stereocenters. The number of piperidine rings is 1. The Hall–Kier alpha value is -1.13. The third-order valence-corrected chi connectivity index (χ3v) is 3.48. The van der Waals surface area contributed by atoms with Gasteiger partial charge in [0.2, 0.25) is 0 Å². The molecule has 1 aromatic rings. The molecule has 0 saturated carbocycles. The molecule has 0 aliphatic carbocycles. The van der Waals surface area contributed by atoms with Crippen molar-refractivity contribution in [2.45, 2.75) is 38.8 Å². The van der Waals surface area contributed by atoms with Gasteiger partial charge in [-0.2, -0.15) is 0 Å². The summed E-state index contributed by atoms with van der Waals surface area (Å²) >= 11 is 0. The maximum Gasteiger partial charge on any atom is 0.165 e. The number of halogens is 1. The minimum absolute atomic E-state index is 0.223. The second kappa shape index (κ2) is 6.87. The molecular weight excluding hydrogens is 245 g/mol. The van der Waals surface area contributed by atoms with Crippen molar-refractivity contribution in [1.29, 1.82) is 0 Å². The first-order valence-corrected chi connectivity index (χ1v) is 7.01. The van der Waals surface area contributed by atoms with Gasteiger partial charge < -0.3 is 9.84 Å². The minimum Gasteiger partial charge on any atom is -0.505 e. The number of hydrogen-bond donors (Lipinski definition) is 1. The Morgan fingerprint density at radius 1 is 1.47 bits per heavy atom. The van der Waals surface area contributed by atoms with Crippen molar-refractivity contribution in [3.05, 3.63) is 29.6 Å². The van der Waals surface area contributed by atoms with Gasteiger partial charge in [-0.15, -0.1) is 0 Å². The number of phenols is 1. The monoisotopic (exact) mass is 267 g/mol. The van der Waals surface area contributed by atoms with E-state index in [0.29, 0.717) is 12.1 Å². The van der Waals surface area contributed by atoms with Gasteiger partial charge >= 0.3 is 0 Å². The molecule has 0 spiro atoms. The number of phenolic OH excluding ortho intramolecular Hbond substituents is 1. The lowest BCUT2D eigenvalue weighted by Gasteiger charge is -2.32. The average molecular weight is 267 g/mol. The molecule has 1 aromatic carbocycles. The van der Waals surface area contributed by atoms with Crippen LogP contribution in [-0.2, 0) is 11.3 Å². The number of rotatable bonds is 5. The molecule has 1 fully saturated rings. The van der Waals surface area contributed by atoms with E-state index in [4.69, 9.17) is 4.74 Å². The van der Waals surface area contributed by atoms with Gasteiger partial charge in [-0.3, -0.25) is 4.90 Å². The predicted octanol–water partition coefficient (Wildman–Crippen LogP) is 2.92. The molecule has 106 valence electrons. The van der Waals surface area contributed by atoms with E-state index < -0.39 is 5.82 Å². The smallest absolute Gasteiger partial charge is 0.165 e. The van der Waals surface area contributed by atoms with Crippen LogP contribution >= 0.6 is 0 Å². The third-order valence-electron chi connectivity index (χ3n) is 3.48. The lowest BCUT2D eigenvalue weighted by molar-refractivity contribution is -0.00241. The fourth-order valence-corrected chi connectivity index (χ4v) is 2.51. The highest BCUT2D eigenvalue weighted by Gasteiger charge is 2.21. The molecule has 3 nitrogen and oxygen atoms in total. The largest absolute Gasteiger partial charge is 0.505 e. The SMILES string of the molecule is CCCOC1CCCN(Cc2cccc(F)c2O)C1. The molecule has 0 aromatic heterocycles. The quantitative estimate of drug-likeness (QED) is 0.890. The highest BCUT2D eigenvalue weighted by atomic mass is 19.1. The van der Waals surface area contributed by atoms with Crippen molar-refractivity contribution in [1.82, 2.24) is 4.90 Å². The van der Waals surface area contributed by atoms with Gasteiger partial charge in [0, 0.05) is 25.3 Å². The predicted molar refractivity (Wildman–Crippen MR) is 72.6 cm³/mol. The van der Waals surface area contributed by atoms with E-state index in [-0.39, 0.29) is 11.9 Å². The minimum atomic E-state index is -0.548. The molecule has 0 bridgehead atoms. The number of likely N-dealkylation sites (tertiary alicyclic amines) is 1. The van der Waals surface area contributed by atoms with Crippen LogP contribution in [0.3, 0.4) is 0 Å². The van der Waals surface area contributed by atoms with Gasteiger partial charge in [-0.05, 0) is 31.9 Å². The molecule has 2 rings (SSSR count). The van der Waals surface area contributed by atoms with Crippen LogP contribution in [0.25, 0.3) is 0 Å². The van der Waals surface area contributed by atoms with Crippen LogP contribution in [0.4, 0.5) is 4.39 Å². The molecule has 19 heavy (non-hydrogen) atoms. The summed E-state index contributed by atoms with van der Waals surface area (Å²) in [5.74, 6) is -0.771. The lowest BCUT2D eigenvalue weighted by atomic mass is 10.1. The van der Waals surface area contributed by atoms with Gasteiger partial charge in [-0.1, -0.05) is 19.1 Å². The van der Waals surface area contributed by atoms with Crippen molar-refractivity contribution in [2.75, 3.05) is 19.7 Å². The van der Waals surface area contributed by atoms with E-state index in [1.807, 2.05) is 0 Å². The fraction of sp³-hybridized carbons (Fsp3) is 0.600. The summed E-state index contributed by atoms with van der Waals surface area (Å²) in [6, 6.07) is 4.69. The summed E-state index contributed by atoms with van der Waals surface area (Å²) in [7, 11) is 0. The Morgan fingerprint density at radius 3 is 3.11 bits per heavy atom. The summed E-state index contributed by atoms with van der Waals surface area (Å²) < 4.78 is 19.1. The van der Waals surface area contributed by atoms with Crippen molar-refractivity contribution in [3.8, 4) is 5.75 Å². The number of hydrogen-bond acceptors (Lipinski definition) is 3. The lowest BCUT2D eigenvalue weighted by Crippen LogP contribution is -2.39. The molecule has 1 atom stereocenters. The Labute approximate surface area is 114 Å². The molecule has 0 radical (unpaired) electrons. The van der Waals surface area contributed by atoms with Crippen LogP contribution in [0.15, 0.2) is 18.2 Å². The van der Waals surface area contributed by atoms with Crippen LogP contribution < -0.4 is 0 Å². The second-order valence-electron chi connectivity index (χ2n) is 5.12. The molecular formula is C15H22FNO2. The van der Waals surface area contributed by atoms with Gasteiger partial charge in [0.25, 0.3) is 0 Å². The van der Waals surface area contributed by atoms with Crippen LogP contribution in [0.5, 0.6) is 5.75 Å². The topological polar surface area (TPSA) is 32.7 Å². The van der Waals surface area contributed by atoms with Crippen LogP contribution in [0, 0.1) is 5.82 Å². The summed E-state index contributed by atoms with van der Waals surface area (Å²) in [5.41, 5.74) is 0.649. The Kier molecular flexibility index (Phi) is 5.16. The van der Waals surface area contributed by atoms with Crippen molar-refractivity contribution in [3.63, 3.8) is 0 Å². The van der Waals surface area contributed by atoms with Crippen molar-refractivity contribution >= 4 is 0 Å². The first kappa shape index (κ1) is 14.3. The number of nitrogens with zero attached hydrogens (tertiary/aromatic N) is 1. The van der Waals surface area contributed by atoms with Gasteiger partial charge in [-0.25, -0.2) is 4.39 Å². The first-order valence-electron chi connectivity index (χ1n) is 7.01. The van der Waals surface area contributed by atoms with E-state index in [1.165, 1.54) is 6.07 Å². The van der Waals surface area contributed by atoms with E-state index in [9.17, 15) is 9.50 Å². The third kappa shape index (κ3) is 3.91. The Morgan fingerprint density at radius 2 is 2.32 bits per heavy atom. The summed E-state index contributed by atoms with van der Waals surface area (Å²) in [6.07, 6.45) is 3.47. The average Bonchev–Trinajstić information content (AvgIpc) is 2.42. The zero-order valence-electron chi connectivity index (χ0n) is 11.4. The molecule has 1 heterocycles. The number of ether oxygens (including phenoxy) is 1. The van der Waals surface area contributed by atoms with Crippen LogP contribution in [0.1, 0.15) is 31.7 Å². The molecule has 1 N–H and O–H groups in total. The number of para-hydroxylation sites is 1. The number of aromatic hydroxyl groups is 1. The van der Waals surface area contributed by atoms with E-state index >= 15 is 0 Å². The van der Waals surface area contributed by atoms with E-state index in [2.05, 4.69) is 11.8 Å². The van der Waals surface area contributed by atoms with Crippen LogP contribution in [-0.4, -0.2) is 35.8 Å². The number of benzene rings is 1. The summed E-state index contributed by atoms with van der Waals surface area (Å²) in [4.78, 5) is 2.22. The molecule has 1 aliphatic rings.